The van der Waals surface area contributed by atoms with Gasteiger partial charge in [0.2, 0.25) is 0 Å². The first-order valence-corrected chi connectivity index (χ1v) is 9.82. The second-order valence-electron chi connectivity index (χ2n) is 8.00. The van der Waals surface area contributed by atoms with Crippen LogP contribution in [0.1, 0.15) is 48.2 Å². The number of aromatic nitrogens is 2. The molecule has 1 amide bonds. The molecule has 2 aromatic rings. The molecule has 4 rings (SSSR count). The van der Waals surface area contributed by atoms with E-state index in [1.807, 2.05) is 31.3 Å². The second kappa shape index (κ2) is 7.35. The summed E-state index contributed by atoms with van der Waals surface area (Å²) in [6.45, 7) is 2.02. The van der Waals surface area contributed by atoms with Crippen LogP contribution in [0.15, 0.2) is 30.5 Å². The first-order valence-electron chi connectivity index (χ1n) is 9.82. The number of fused-ring (bicyclic) bond motifs is 2. The Labute approximate surface area is 160 Å². The maximum Gasteiger partial charge on any atom is 0.272 e. The van der Waals surface area contributed by atoms with Gasteiger partial charge in [-0.2, -0.15) is 5.10 Å². The fourth-order valence-electron chi connectivity index (χ4n) is 4.81. The van der Waals surface area contributed by atoms with E-state index in [1.165, 1.54) is 6.42 Å². The van der Waals surface area contributed by atoms with E-state index in [0.717, 1.165) is 42.7 Å². The number of hydrogen-bond donors (Lipinski definition) is 2. The van der Waals surface area contributed by atoms with Gasteiger partial charge in [0.1, 0.15) is 11.4 Å². The van der Waals surface area contributed by atoms with Crippen LogP contribution in [0.5, 0.6) is 5.75 Å². The number of rotatable bonds is 4. The summed E-state index contributed by atoms with van der Waals surface area (Å²) in [5, 5.41) is 7.77. The number of ether oxygens (including phenoxy) is 1. The Morgan fingerprint density at radius 3 is 2.70 bits per heavy atom. The molecule has 0 radical (unpaired) electrons. The monoisotopic (exact) mass is 368 g/mol. The Bertz CT molecular complexity index is 817. The van der Waals surface area contributed by atoms with Crippen molar-refractivity contribution in [3.05, 3.63) is 41.7 Å². The van der Waals surface area contributed by atoms with Gasteiger partial charge in [-0.15, -0.1) is 0 Å². The third-order valence-electron chi connectivity index (χ3n) is 6.08. The first-order chi connectivity index (χ1) is 13.0. The van der Waals surface area contributed by atoms with Gasteiger partial charge in [0.15, 0.2) is 5.69 Å². The highest BCUT2D eigenvalue weighted by atomic mass is 16.5. The lowest BCUT2D eigenvalue weighted by Gasteiger charge is -2.45. The van der Waals surface area contributed by atoms with Crippen molar-refractivity contribution in [2.24, 2.45) is 17.6 Å². The SMILES string of the molecule is COc1ccc(C)cc1-n1ccc(C(=O)NC2C3CCCC2CC(N)C3)n1. The second-order valence-corrected chi connectivity index (χ2v) is 8.00. The van der Waals surface area contributed by atoms with Gasteiger partial charge in [0.05, 0.1) is 7.11 Å². The van der Waals surface area contributed by atoms with E-state index in [9.17, 15) is 4.79 Å². The fraction of sp³-hybridized carbons (Fsp3) is 0.524. The zero-order chi connectivity index (χ0) is 19.0. The average Bonchev–Trinajstić information content (AvgIpc) is 3.12. The van der Waals surface area contributed by atoms with Crippen molar-refractivity contribution in [1.82, 2.24) is 15.1 Å². The van der Waals surface area contributed by atoms with Crippen LogP contribution in [0.4, 0.5) is 0 Å². The van der Waals surface area contributed by atoms with Crippen LogP contribution in [0.3, 0.4) is 0 Å². The Morgan fingerprint density at radius 1 is 1.26 bits per heavy atom. The molecule has 6 nitrogen and oxygen atoms in total. The number of nitrogens with two attached hydrogens (primary N) is 1. The number of nitrogens with one attached hydrogen (secondary N) is 1. The predicted octanol–water partition coefficient (Wildman–Crippen LogP) is 2.83. The first kappa shape index (κ1) is 18.0. The van der Waals surface area contributed by atoms with Gasteiger partial charge < -0.3 is 15.8 Å². The molecular formula is C21H28N4O2. The lowest BCUT2D eigenvalue weighted by Crippen LogP contribution is -2.53. The zero-order valence-electron chi connectivity index (χ0n) is 16.0. The largest absolute Gasteiger partial charge is 0.494 e. The van der Waals surface area contributed by atoms with Crippen molar-refractivity contribution in [2.75, 3.05) is 7.11 Å². The smallest absolute Gasteiger partial charge is 0.272 e. The van der Waals surface area contributed by atoms with Gasteiger partial charge in [-0.1, -0.05) is 12.5 Å². The molecule has 1 aromatic carbocycles. The lowest BCUT2D eigenvalue weighted by molar-refractivity contribution is 0.0751. The minimum atomic E-state index is -0.0993. The molecule has 2 fully saturated rings. The van der Waals surface area contributed by atoms with Crippen molar-refractivity contribution >= 4 is 5.91 Å². The molecule has 2 saturated carbocycles. The maximum absolute atomic E-state index is 12.8. The summed E-state index contributed by atoms with van der Waals surface area (Å²) in [7, 11) is 1.64. The molecule has 2 aliphatic rings. The van der Waals surface area contributed by atoms with Crippen LogP contribution in [0.2, 0.25) is 0 Å². The molecule has 2 aliphatic carbocycles. The number of hydrogen-bond acceptors (Lipinski definition) is 4. The highest BCUT2D eigenvalue weighted by molar-refractivity contribution is 5.92. The molecule has 6 heteroatoms. The van der Waals surface area contributed by atoms with E-state index in [4.69, 9.17) is 10.5 Å². The molecule has 3 N–H and O–H groups in total. The zero-order valence-corrected chi connectivity index (χ0v) is 16.0. The summed E-state index contributed by atoms with van der Waals surface area (Å²) in [6, 6.07) is 8.18. The fourth-order valence-corrected chi connectivity index (χ4v) is 4.81. The van der Waals surface area contributed by atoms with Crippen LogP contribution in [0, 0.1) is 18.8 Å². The van der Waals surface area contributed by atoms with Gasteiger partial charge in [0, 0.05) is 18.3 Å². The number of carbonyl (C=O) groups is 1. The maximum atomic E-state index is 12.8. The van der Waals surface area contributed by atoms with Crippen molar-refractivity contribution in [1.29, 1.82) is 0 Å². The average molecular weight is 368 g/mol. The van der Waals surface area contributed by atoms with Gasteiger partial charge in [-0.3, -0.25) is 4.79 Å². The van der Waals surface area contributed by atoms with Gasteiger partial charge >= 0.3 is 0 Å². The minimum Gasteiger partial charge on any atom is -0.494 e. The van der Waals surface area contributed by atoms with Gasteiger partial charge in [0.25, 0.3) is 5.91 Å². The van der Waals surface area contributed by atoms with Crippen molar-refractivity contribution in [2.45, 2.75) is 51.1 Å². The Balaban J connectivity index is 1.52. The summed E-state index contributed by atoms with van der Waals surface area (Å²) >= 11 is 0. The molecule has 1 aromatic heterocycles. The number of nitrogens with zero attached hydrogens (tertiary/aromatic N) is 2. The lowest BCUT2D eigenvalue weighted by atomic mass is 9.67. The summed E-state index contributed by atoms with van der Waals surface area (Å²) in [5.74, 6) is 1.62. The molecule has 27 heavy (non-hydrogen) atoms. The molecule has 2 bridgehead atoms. The number of aryl methyl sites for hydroxylation is 1. The Hall–Kier alpha value is -2.34. The minimum absolute atomic E-state index is 0.0993. The van der Waals surface area contributed by atoms with Gasteiger partial charge in [-0.05, 0) is 68.2 Å². The highest BCUT2D eigenvalue weighted by Gasteiger charge is 2.40. The number of methoxy groups -OCH3 is 1. The number of amides is 1. The quantitative estimate of drug-likeness (QED) is 0.869. The predicted molar refractivity (Wildman–Crippen MR) is 104 cm³/mol. The normalized spacial score (nSPS) is 27.2. The molecule has 2 unspecified atom stereocenters. The van der Waals surface area contributed by atoms with Crippen LogP contribution in [-0.2, 0) is 0 Å². The van der Waals surface area contributed by atoms with Crippen molar-refractivity contribution in [3.8, 4) is 11.4 Å². The van der Waals surface area contributed by atoms with Crippen LogP contribution >= 0.6 is 0 Å². The highest BCUT2D eigenvalue weighted by Crippen LogP contribution is 2.39. The topological polar surface area (TPSA) is 82.2 Å². The number of benzene rings is 1. The molecule has 0 aliphatic heterocycles. The van der Waals surface area contributed by atoms with Crippen LogP contribution in [0.25, 0.3) is 5.69 Å². The van der Waals surface area contributed by atoms with Crippen LogP contribution < -0.4 is 15.8 Å². The standard InChI is InChI=1S/C21H28N4O2/c1-13-6-7-19(27-2)18(10-13)25-9-8-17(24-25)21(26)23-20-14-4-3-5-15(20)12-16(22)11-14/h6-10,14-16,20H,3-5,11-12,22H2,1-2H3,(H,23,26). The Morgan fingerprint density at radius 2 is 2.00 bits per heavy atom. The molecule has 1 heterocycles. The van der Waals surface area contributed by atoms with E-state index in [1.54, 1.807) is 17.9 Å². The third kappa shape index (κ3) is 3.58. The summed E-state index contributed by atoms with van der Waals surface area (Å²) in [5.41, 5.74) is 8.57. The van der Waals surface area contributed by atoms with Gasteiger partial charge in [-0.25, -0.2) is 4.68 Å². The van der Waals surface area contributed by atoms with Crippen LogP contribution in [-0.4, -0.2) is 34.9 Å². The van der Waals surface area contributed by atoms with E-state index in [-0.39, 0.29) is 18.0 Å². The summed E-state index contributed by atoms with van der Waals surface area (Å²) in [4.78, 5) is 12.8. The van der Waals surface area contributed by atoms with E-state index in [0.29, 0.717) is 17.5 Å². The molecule has 0 spiro atoms. The van der Waals surface area contributed by atoms with Crippen molar-refractivity contribution in [3.63, 3.8) is 0 Å². The van der Waals surface area contributed by atoms with E-state index >= 15 is 0 Å². The third-order valence-corrected chi connectivity index (χ3v) is 6.08. The van der Waals surface area contributed by atoms with E-state index in [2.05, 4.69) is 10.4 Å². The van der Waals surface area contributed by atoms with Crippen molar-refractivity contribution < 1.29 is 9.53 Å². The summed E-state index contributed by atoms with van der Waals surface area (Å²) < 4.78 is 7.14. The molecular weight excluding hydrogens is 340 g/mol. The molecule has 0 saturated heterocycles. The summed E-state index contributed by atoms with van der Waals surface area (Å²) in [6.07, 6.45) is 7.39. The molecule has 144 valence electrons. The van der Waals surface area contributed by atoms with E-state index < -0.39 is 0 Å². The molecule has 2 atom stereocenters. The Kier molecular flexibility index (Phi) is 4.91. The number of carbonyl (C=O) groups excluding carboxylic acids is 1.